The van der Waals surface area contributed by atoms with Gasteiger partial charge in [-0.2, -0.15) is 0 Å². The Morgan fingerprint density at radius 3 is 1.60 bits per heavy atom. The zero-order chi connectivity index (χ0) is 22.1. The second-order valence-corrected chi connectivity index (χ2v) is 7.81. The Hall–Kier alpha value is -3.22. The number of aliphatic hydroxyl groups is 2. The van der Waals surface area contributed by atoms with Gasteiger partial charge in [-0.15, -0.1) is 0 Å². The highest BCUT2D eigenvalue weighted by Gasteiger charge is 2.37. The first-order valence-corrected chi connectivity index (χ1v) is 9.56. The summed E-state index contributed by atoms with van der Waals surface area (Å²) in [6.45, 7) is 7.01. The Bertz CT molecular complexity index is 943. The predicted molar refractivity (Wildman–Crippen MR) is 114 cm³/mol. The highest BCUT2D eigenvalue weighted by molar-refractivity contribution is 6.02. The van der Waals surface area contributed by atoms with Crippen LogP contribution in [0.3, 0.4) is 0 Å². The van der Waals surface area contributed by atoms with Gasteiger partial charge in [0, 0.05) is 30.2 Å². The lowest BCUT2D eigenvalue weighted by Crippen LogP contribution is -2.40. The lowest BCUT2D eigenvalue weighted by Gasteiger charge is -2.21. The summed E-state index contributed by atoms with van der Waals surface area (Å²) in [5.74, 6) is -2.27. The molecular formula is C24H25NO5. The maximum Gasteiger partial charge on any atom is 0.334 e. The third-order valence-electron chi connectivity index (χ3n) is 4.95. The Morgan fingerprint density at radius 1 is 0.767 bits per heavy atom. The van der Waals surface area contributed by atoms with Crippen LogP contribution in [0, 0.1) is 13.8 Å². The van der Waals surface area contributed by atoms with Gasteiger partial charge in [0.25, 0.3) is 0 Å². The molecule has 0 fully saturated rings. The van der Waals surface area contributed by atoms with Crippen LogP contribution >= 0.6 is 0 Å². The van der Waals surface area contributed by atoms with E-state index in [2.05, 4.69) is 5.32 Å². The summed E-state index contributed by atoms with van der Waals surface area (Å²) in [4.78, 5) is 22.2. The average molecular weight is 407 g/mol. The monoisotopic (exact) mass is 407 g/mol. The molecule has 30 heavy (non-hydrogen) atoms. The third-order valence-corrected chi connectivity index (χ3v) is 4.95. The van der Waals surface area contributed by atoms with Crippen LogP contribution in [0.15, 0.2) is 60.7 Å². The minimum atomic E-state index is -1.51. The Labute approximate surface area is 175 Å². The number of nitrogens with one attached hydrogen (secondary N) is 1. The van der Waals surface area contributed by atoms with Crippen LogP contribution in [0.5, 0.6) is 0 Å². The molecule has 2 aromatic rings. The summed E-state index contributed by atoms with van der Waals surface area (Å²) >= 11 is 0. The van der Waals surface area contributed by atoms with E-state index in [0.29, 0.717) is 11.1 Å². The highest BCUT2D eigenvalue weighted by atomic mass is 16.7. The summed E-state index contributed by atoms with van der Waals surface area (Å²) in [6, 6.07) is 15.3. The zero-order valence-electron chi connectivity index (χ0n) is 17.4. The molecule has 0 aromatic heterocycles. The van der Waals surface area contributed by atoms with E-state index >= 15 is 0 Å². The van der Waals surface area contributed by atoms with Gasteiger partial charge in [0.15, 0.2) is 5.72 Å². The quantitative estimate of drug-likeness (QED) is 0.666. The number of benzene rings is 2. The molecular weight excluding hydrogens is 382 g/mol. The number of carbonyl (C=O) groups excluding carboxylic acids is 2. The molecule has 0 saturated carbocycles. The van der Waals surface area contributed by atoms with Crippen LogP contribution in [0.25, 0.3) is 11.1 Å². The summed E-state index contributed by atoms with van der Waals surface area (Å²) in [5, 5.41) is 22.3. The van der Waals surface area contributed by atoms with Crippen molar-refractivity contribution >= 4 is 23.0 Å². The third kappa shape index (κ3) is 4.67. The number of ether oxygens (including phenoxy) is 1. The average Bonchev–Trinajstić information content (AvgIpc) is 3.09. The number of carbonyl (C=O) groups is 2. The molecule has 0 saturated heterocycles. The van der Waals surface area contributed by atoms with Gasteiger partial charge in [-0.3, -0.25) is 4.79 Å². The first-order chi connectivity index (χ1) is 14.0. The van der Waals surface area contributed by atoms with E-state index in [1.54, 1.807) is 6.92 Å². The van der Waals surface area contributed by atoms with Gasteiger partial charge in [-0.05, 0) is 31.9 Å². The predicted octanol–water partition coefficient (Wildman–Crippen LogP) is 2.86. The molecule has 0 radical (unpaired) electrons. The summed E-state index contributed by atoms with van der Waals surface area (Å²) in [7, 11) is 0. The molecule has 2 aliphatic heterocycles. The number of hydrogen-bond donors (Lipinski definition) is 3. The highest BCUT2D eigenvalue weighted by Crippen LogP contribution is 2.33. The summed E-state index contributed by atoms with van der Waals surface area (Å²) in [6.07, 6.45) is 2.76. The van der Waals surface area contributed by atoms with Crippen LogP contribution in [0.4, 0.5) is 0 Å². The minimum absolute atomic E-state index is 0.254. The largest absolute Gasteiger partial charge is 0.426 e. The molecule has 0 aliphatic carbocycles. The Morgan fingerprint density at radius 2 is 1.23 bits per heavy atom. The zero-order valence-corrected chi connectivity index (χ0v) is 17.4. The van der Waals surface area contributed by atoms with E-state index in [1.165, 1.54) is 19.1 Å². The molecule has 2 aromatic carbocycles. The number of rotatable bonds is 2. The van der Waals surface area contributed by atoms with Gasteiger partial charge in [-0.25, -0.2) is 4.79 Å². The molecule has 6 nitrogen and oxygen atoms in total. The van der Waals surface area contributed by atoms with E-state index in [9.17, 15) is 19.8 Å². The van der Waals surface area contributed by atoms with Gasteiger partial charge < -0.3 is 20.3 Å². The molecule has 0 spiro atoms. The smallest absolute Gasteiger partial charge is 0.334 e. The van der Waals surface area contributed by atoms with E-state index in [4.69, 9.17) is 4.74 Å². The van der Waals surface area contributed by atoms with Gasteiger partial charge in [0.1, 0.15) is 0 Å². The van der Waals surface area contributed by atoms with Crippen LogP contribution in [-0.4, -0.2) is 33.6 Å². The van der Waals surface area contributed by atoms with Crippen molar-refractivity contribution in [3.05, 3.63) is 82.9 Å². The van der Waals surface area contributed by atoms with E-state index < -0.39 is 17.5 Å². The van der Waals surface area contributed by atoms with E-state index in [-0.39, 0.29) is 5.91 Å². The molecule has 156 valence electrons. The fraction of sp³-hybridized carbons (Fsp3) is 0.250. The van der Waals surface area contributed by atoms with E-state index in [1.807, 2.05) is 62.4 Å². The van der Waals surface area contributed by atoms with Gasteiger partial charge in [-0.1, -0.05) is 59.7 Å². The van der Waals surface area contributed by atoms with Crippen molar-refractivity contribution in [2.45, 2.75) is 39.2 Å². The van der Waals surface area contributed by atoms with Crippen LogP contribution in [0.1, 0.15) is 36.1 Å². The van der Waals surface area contributed by atoms with Crippen molar-refractivity contribution in [3.63, 3.8) is 0 Å². The first-order valence-electron chi connectivity index (χ1n) is 9.56. The topological polar surface area (TPSA) is 95.9 Å². The summed E-state index contributed by atoms with van der Waals surface area (Å²) < 4.78 is 4.77. The Balaban J connectivity index is 0.000000171. The SMILES string of the molecule is Cc1ccc(C2=CC(=O)NC2(C)O)cc1.Cc1ccc(C2=CC(=O)OC2(C)O)cc1. The van der Waals surface area contributed by atoms with Crippen molar-refractivity contribution in [2.24, 2.45) is 0 Å². The maximum absolute atomic E-state index is 11.2. The summed E-state index contributed by atoms with van der Waals surface area (Å²) in [5.41, 5.74) is 3.81. The van der Waals surface area contributed by atoms with Crippen LogP contribution < -0.4 is 5.32 Å². The fourth-order valence-electron chi connectivity index (χ4n) is 3.33. The molecule has 2 atom stereocenters. The number of cyclic esters (lactones) is 1. The Kier molecular flexibility index (Phi) is 5.65. The first kappa shape index (κ1) is 21.5. The molecule has 0 bridgehead atoms. The lowest BCUT2D eigenvalue weighted by molar-refractivity contribution is -0.169. The van der Waals surface area contributed by atoms with Gasteiger partial charge in [0.05, 0.1) is 0 Å². The fourth-order valence-corrected chi connectivity index (χ4v) is 3.33. The van der Waals surface area contributed by atoms with Crippen LogP contribution in [0.2, 0.25) is 0 Å². The van der Waals surface area contributed by atoms with Gasteiger partial charge >= 0.3 is 5.97 Å². The molecule has 3 N–H and O–H groups in total. The van der Waals surface area contributed by atoms with E-state index in [0.717, 1.165) is 22.3 Å². The van der Waals surface area contributed by atoms with Crippen molar-refractivity contribution in [2.75, 3.05) is 0 Å². The number of amides is 1. The molecule has 6 heteroatoms. The number of esters is 1. The maximum atomic E-state index is 11.2. The van der Waals surface area contributed by atoms with Crippen molar-refractivity contribution in [3.8, 4) is 0 Å². The van der Waals surface area contributed by atoms with Gasteiger partial charge in [0.2, 0.25) is 11.7 Å². The second-order valence-electron chi connectivity index (χ2n) is 7.81. The molecule has 2 aliphatic rings. The molecule has 1 amide bonds. The number of aryl methyl sites for hydroxylation is 2. The number of hydrogen-bond acceptors (Lipinski definition) is 5. The van der Waals surface area contributed by atoms with Crippen molar-refractivity contribution in [1.29, 1.82) is 0 Å². The standard InChI is InChI=1S/C12H13NO2.C12H12O3/c1-8-3-5-9(6-4-8)10-7-11(14)13-12(10,2)15;1-8-3-5-9(6-4-8)10-7-11(13)15-12(10,2)14/h3-7,15H,1-2H3,(H,13,14);3-7,14H,1-2H3. The molecule has 4 rings (SSSR count). The molecule has 2 heterocycles. The van der Waals surface area contributed by atoms with Crippen LogP contribution in [-0.2, 0) is 14.3 Å². The van der Waals surface area contributed by atoms with Crippen molar-refractivity contribution < 1.29 is 24.5 Å². The lowest BCUT2D eigenvalue weighted by atomic mass is 9.98. The second kappa shape index (κ2) is 7.89. The normalized spacial score (nSPS) is 25.0. The van der Waals surface area contributed by atoms with Crippen molar-refractivity contribution in [1.82, 2.24) is 5.32 Å². The molecule has 2 unspecified atom stereocenters. The minimum Gasteiger partial charge on any atom is -0.426 e.